The maximum absolute atomic E-state index is 12.3. The molecule has 0 bridgehead atoms. The van der Waals surface area contributed by atoms with Crippen LogP contribution in [0.5, 0.6) is 0 Å². The molecule has 0 radical (unpaired) electrons. The van der Waals surface area contributed by atoms with Crippen molar-refractivity contribution in [2.75, 3.05) is 6.61 Å². The molecule has 1 amide bonds. The summed E-state index contributed by atoms with van der Waals surface area (Å²) in [5.74, 6) is -1.73. The Labute approximate surface area is 165 Å². The van der Waals surface area contributed by atoms with E-state index in [0.29, 0.717) is 17.0 Å². The standard InChI is InChI=1S/C20H29N3O5/c1-8-27-19(26)16-9-13(4)23(14(16)5)10-17(24)28-15(6)18(25)22-20(7,11-21)12(2)3/h9,12,15H,8,10H2,1-7H3,(H,22,25). The van der Waals surface area contributed by atoms with E-state index in [1.807, 2.05) is 13.8 Å². The van der Waals surface area contributed by atoms with E-state index in [2.05, 4.69) is 11.4 Å². The smallest absolute Gasteiger partial charge is 0.339 e. The van der Waals surface area contributed by atoms with Crippen LogP contribution in [-0.4, -0.2) is 40.7 Å². The van der Waals surface area contributed by atoms with Gasteiger partial charge >= 0.3 is 11.9 Å². The zero-order valence-electron chi connectivity index (χ0n) is 17.6. The largest absolute Gasteiger partial charge is 0.462 e. The van der Waals surface area contributed by atoms with Gasteiger partial charge in [-0.15, -0.1) is 0 Å². The Morgan fingerprint density at radius 3 is 2.39 bits per heavy atom. The molecule has 154 valence electrons. The van der Waals surface area contributed by atoms with Gasteiger partial charge in [0.2, 0.25) is 0 Å². The fourth-order valence-corrected chi connectivity index (χ4v) is 2.54. The van der Waals surface area contributed by atoms with Crippen LogP contribution in [0.25, 0.3) is 0 Å². The van der Waals surface area contributed by atoms with E-state index in [1.54, 1.807) is 38.3 Å². The number of amides is 1. The lowest BCUT2D eigenvalue weighted by atomic mass is 9.90. The zero-order chi connectivity index (χ0) is 21.6. The summed E-state index contributed by atoms with van der Waals surface area (Å²) in [6.07, 6.45) is -1.06. The van der Waals surface area contributed by atoms with E-state index in [0.717, 1.165) is 0 Å². The number of aromatic nitrogens is 1. The highest BCUT2D eigenvalue weighted by Gasteiger charge is 2.32. The summed E-state index contributed by atoms with van der Waals surface area (Å²) >= 11 is 0. The van der Waals surface area contributed by atoms with Gasteiger partial charge < -0.3 is 19.4 Å². The first-order valence-electron chi connectivity index (χ1n) is 9.23. The first-order chi connectivity index (χ1) is 13.0. The van der Waals surface area contributed by atoms with E-state index in [1.165, 1.54) is 6.92 Å². The number of hydrogen-bond donors (Lipinski definition) is 1. The predicted molar refractivity (Wildman–Crippen MR) is 102 cm³/mol. The molecule has 2 atom stereocenters. The summed E-state index contributed by atoms with van der Waals surface area (Å²) in [5, 5.41) is 11.9. The van der Waals surface area contributed by atoms with Crippen LogP contribution in [0.2, 0.25) is 0 Å². The summed E-state index contributed by atoms with van der Waals surface area (Å²) in [6.45, 7) is 12.0. The van der Waals surface area contributed by atoms with Gasteiger partial charge in [-0.3, -0.25) is 9.59 Å². The molecule has 8 nitrogen and oxygen atoms in total. The van der Waals surface area contributed by atoms with Crippen LogP contribution in [0.4, 0.5) is 0 Å². The molecular weight excluding hydrogens is 362 g/mol. The van der Waals surface area contributed by atoms with Gasteiger partial charge in [0, 0.05) is 11.4 Å². The van der Waals surface area contributed by atoms with Gasteiger partial charge in [-0.1, -0.05) is 13.8 Å². The molecule has 0 aliphatic heterocycles. The molecule has 1 rings (SSSR count). The zero-order valence-corrected chi connectivity index (χ0v) is 17.6. The monoisotopic (exact) mass is 391 g/mol. The Kier molecular flexibility index (Phi) is 7.79. The van der Waals surface area contributed by atoms with E-state index >= 15 is 0 Å². The third-order valence-electron chi connectivity index (χ3n) is 4.80. The topological polar surface area (TPSA) is 110 Å². The van der Waals surface area contributed by atoms with Crippen molar-refractivity contribution in [1.82, 2.24) is 9.88 Å². The van der Waals surface area contributed by atoms with Gasteiger partial charge in [0.1, 0.15) is 12.1 Å². The van der Waals surface area contributed by atoms with Gasteiger partial charge in [-0.2, -0.15) is 5.26 Å². The summed E-state index contributed by atoms with van der Waals surface area (Å²) in [4.78, 5) is 36.6. The van der Waals surface area contributed by atoms with Crippen molar-refractivity contribution in [2.45, 2.75) is 66.7 Å². The fraction of sp³-hybridized carbons (Fsp3) is 0.600. The van der Waals surface area contributed by atoms with Crippen molar-refractivity contribution in [3.8, 4) is 6.07 Å². The van der Waals surface area contributed by atoms with Crippen molar-refractivity contribution >= 4 is 17.8 Å². The number of rotatable bonds is 8. The van der Waals surface area contributed by atoms with Crippen LogP contribution in [0.1, 0.15) is 56.4 Å². The second-order valence-corrected chi connectivity index (χ2v) is 7.18. The number of nitrogens with one attached hydrogen (secondary N) is 1. The normalized spacial score (nSPS) is 14.0. The van der Waals surface area contributed by atoms with Crippen LogP contribution >= 0.6 is 0 Å². The number of carbonyl (C=O) groups excluding carboxylic acids is 3. The van der Waals surface area contributed by atoms with E-state index in [9.17, 15) is 19.6 Å². The van der Waals surface area contributed by atoms with E-state index < -0.39 is 29.5 Å². The van der Waals surface area contributed by atoms with Gasteiger partial charge in [-0.25, -0.2) is 4.79 Å². The van der Waals surface area contributed by atoms with Crippen molar-refractivity contribution in [2.24, 2.45) is 5.92 Å². The number of hydrogen-bond acceptors (Lipinski definition) is 6. The number of nitrogens with zero attached hydrogens (tertiary/aromatic N) is 2. The van der Waals surface area contributed by atoms with Gasteiger partial charge in [0.05, 0.1) is 18.2 Å². The molecule has 1 N–H and O–H groups in total. The average Bonchev–Trinajstić information content (AvgIpc) is 2.89. The Balaban J connectivity index is 2.81. The molecule has 1 aromatic heterocycles. The Morgan fingerprint density at radius 1 is 1.29 bits per heavy atom. The Hall–Kier alpha value is -2.82. The lowest BCUT2D eigenvalue weighted by Gasteiger charge is -2.28. The van der Waals surface area contributed by atoms with Crippen molar-refractivity contribution < 1.29 is 23.9 Å². The van der Waals surface area contributed by atoms with Crippen LogP contribution in [-0.2, 0) is 25.6 Å². The molecule has 0 saturated carbocycles. The number of ether oxygens (including phenoxy) is 2. The molecule has 1 heterocycles. The van der Waals surface area contributed by atoms with Crippen molar-refractivity contribution in [3.63, 3.8) is 0 Å². The Bertz CT molecular complexity index is 790. The lowest BCUT2D eigenvalue weighted by molar-refractivity contribution is -0.156. The SMILES string of the molecule is CCOC(=O)c1cc(C)n(CC(=O)OC(C)C(=O)NC(C)(C#N)C(C)C)c1C. The maximum Gasteiger partial charge on any atom is 0.339 e. The lowest BCUT2D eigenvalue weighted by Crippen LogP contribution is -2.52. The van der Waals surface area contributed by atoms with Crippen LogP contribution in [0.15, 0.2) is 6.07 Å². The number of esters is 2. The molecule has 0 aliphatic carbocycles. The predicted octanol–water partition coefficient (Wildman–Crippen LogP) is 2.27. The third kappa shape index (κ3) is 5.35. The highest BCUT2D eigenvalue weighted by molar-refractivity contribution is 5.91. The van der Waals surface area contributed by atoms with Gasteiger partial charge in [-0.05, 0) is 46.6 Å². The number of aryl methyl sites for hydroxylation is 1. The molecule has 2 unspecified atom stereocenters. The molecular formula is C20H29N3O5. The minimum Gasteiger partial charge on any atom is -0.462 e. The minimum atomic E-state index is -1.06. The summed E-state index contributed by atoms with van der Waals surface area (Å²) in [6, 6.07) is 3.73. The van der Waals surface area contributed by atoms with Crippen LogP contribution < -0.4 is 5.32 Å². The molecule has 1 aromatic rings. The maximum atomic E-state index is 12.3. The van der Waals surface area contributed by atoms with E-state index in [4.69, 9.17) is 9.47 Å². The quantitative estimate of drug-likeness (QED) is 0.681. The second kappa shape index (κ2) is 9.40. The number of carbonyl (C=O) groups is 3. The first-order valence-corrected chi connectivity index (χ1v) is 9.23. The molecule has 0 aromatic carbocycles. The summed E-state index contributed by atoms with van der Waals surface area (Å²) in [7, 11) is 0. The second-order valence-electron chi connectivity index (χ2n) is 7.18. The summed E-state index contributed by atoms with van der Waals surface area (Å²) < 4.78 is 11.9. The summed E-state index contributed by atoms with van der Waals surface area (Å²) in [5.41, 5.74) is 0.618. The van der Waals surface area contributed by atoms with E-state index in [-0.39, 0.29) is 19.1 Å². The molecule has 0 aliphatic rings. The van der Waals surface area contributed by atoms with Crippen molar-refractivity contribution in [1.29, 1.82) is 5.26 Å². The average molecular weight is 391 g/mol. The molecule has 0 spiro atoms. The third-order valence-corrected chi connectivity index (χ3v) is 4.80. The fourth-order valence-electron chi connectivity index (χ4n) is 2.54. The van der Waals surface area contributed by atoms with Crippen LogP contribution in [0.3, 0.4) is 0 Å². The first kappa shape index (κ1) is 23.2. The van der Waals surface area contributed by atoms with Gasteiger partial charge in [0.15, 0.2) is 6.10 Å². The molecule has 28 heavy (non-hydrogen) atoms. The highest BCUT2D eigenvalue weighted by atomic mass is 16.5. The molecule has 0 saturated heterocycles. The van der Waals surface area contributed by atoms with Crippen LogP contribution in [0, 0.1) is 31.1 Å². The number of nitriles is 1. The highest BCUT2D eigenvalue weighted by Crippen LogP contribution is 2.17. The van der Waals surface area contributed by atoms with Crippen molar-refractivity contribution in [3.05, 3.63) is 23.0 Å². The molecule has 0 fully saturated rings. The minimum absolute atomic E-state index is 0.115. The Morgan fingerprint density at radius 2 is 1.89 bits per heavy atom. The molecule has 8 heteroatoms. The van der Waals surface area contributed by atoms with Gasteiger partial charge in [0.25, 0.3) is 5.91 Å².